The number of carboxylic acids is 1. The Bertz CT molecular complexity index is 1210. The average molecular weight is 516 g/mol. The molecule has 5 rings (SSSR count). The molecule has 3 aromatic rings. The summed E-state index contributed by atoms with van der Waals surface area (Å²) in [7, 11) is 1.71. The number of benzene rings is 2. The van der Waals surface area contributed by atoms with Gasteiger partial charge >= 0.3 is 5.97 Å². The zero-order valence-corrected chi connectivity index (χ0v) is 22.0. The first kappa shape index (κ1) is 25.9. The lowest BCUT2D eigenvalue weighted by atomic mass is 9.91. The predicted octanol–water partition coefficient (Wildman–Crippen LogP) is 5.97. The van der Waals surface area contributed by atoms with Gasteiger partial charge in [-0.1, -0.05) is 24.3 Å². The van der Waals surface area contributed by atoms with Crippen molar-refractivity contribution in [1.82, 2.24) is 4.98 Å². The number of anilines is 2. The number of carboxylic acid groups (broad SMARTS) is 1. The van der Waals surface area contributed by atoms with Gasteiger partial charge < -0.3 is 24.8 Å². The van der Waals surface area contributed by atoms with Gasteiger partial charge in [0, 0.05) is 37.6 Å². The Balaban J connectivity index is 1.17. The van der Waals surface area contributed by atoms with Crippen molar-refractivity contribution >= 4 is 17.5 Å². The first-order chi connectivity index (χ1) is 18.6. The highest BCUT2D eigenvalue weighted by Crippen LogP contribution is 2.45. The molecule has 200 valence electrons. The van der Waals surface area contributed by atoms with Crippen LogP contribution in [0.1, 0.15) is 49.1 Å². The van der Waals surface area contributed by atoms with Crippen molar-refractivity contribution in [2.24, 2.45) is 11.8 Å². The van der Waals surface area contributed by atoms with Gasteiger partial charge in [0.25, 0.3) is 0 Å². The molecule has 7 nitrogen and oxygen atoms in total. The van der Waals surface area contributed by atoms with Crippen LogP contribution in [0.4, 0.5) is 11.5 Å². The van der Waals surface area contributed by atoms with Crippen molar-refractivity contribution in [2.45, 2.75) is 44.6 Å². The highest BCUT2D eigenvalue weighted by molar-refractivity contribution is 5.68. The van der Waals surface area contributed by atoms with Gasteiger partial charge in [0.2, 0.25) is 0 Å². The Kier molecular flexibility index (Phi) is 8.31. The summed E-state index contributed by atoms with van der Waals surface area (Å²) in [5.41, 5.74) is 3.51. The third-order valence-electron chi connectivity index (χ3n) is 7.73. The maximum absolute atomic E-state index is 11.4. The fourth-order valence-electron chi connectivity index (χ4n) is 5.40. The highest BCUT2D eigenvalue weighted by atomic mass is 16.5. The molecule has 1 aromatic heterocycles. The van der Waals surface area contributed by atoms with Crippen molar-refractivity contribution in [1.29, 1.82) is 0 Å². The molecule has 0 spiro atoms. The van der Waals surface area contributed by atoms with Crippen molar-refractivity contribution in [3.05, 3.63) is 78.0 Å². The number of carbonyl (C=O) groups is 1. The molecule has 1 atom stereocenters. The fraction of sp³-hybridized carbons (Fsp3) is 0.419. The number of piperidine rings is 1. The van der Waals surface area contributed by atoms with Gasteiger partial charge in [-0.05, 0) is 84.9 Å². The lowest BCUT2D eigenvalue weighted by molar-refractivity contribution is -0.137. The van der Waals surface area contributed by atoms with E-state index in [1.165, 1.54) is 11.3 Å². The Morgan fingerprint density at radius 2 is 1.89 bits per heavy atom. The van der Waals surface area contributed by atoms with Crippen molar-refractivity contribution in [2.75, 3.05) is 37.0 Å². The van der Waals surface area contributed by atoms with E-state index in [1.54, 1.807) is 13.3 Å². The van der Waals surface area contributed by atoms with Gasteiger partial charge in [-0.2, -0.15) is 0 Å². The molecule has 0 amide bonds. The predicted molar refractivity (Wildman–Crippen MR) is 149 cm³/mol. The zero-order valence-electron chi connectivity index (χ0n) is 22.0. The van der Waals surface area contributed by atoms with E-state index in [0.29, 0.717) is 25.0 Å². The van der Waals surface area contributed by atoms with E-state index in [9.17, 15) is 9.90 Å². The first-order valence-electron chi connectivity index (χ1n) is 13.6. The van der Waals surface area contributed by atoms with Crippen LogP contribution in [0.15, 0.2) is 66.9 Å². The summed E-state index contributed by atoms with van der Waals surface area (Å²) in [6.45, 7) is 3.29. The number of nitrogens with zero attached hydrogens (tertiary/aromatic N) is 2. The third-order valence-corrected chi connectivity index (χ3v) is 7.73. The molecule has 38 heavy (non-hydrogen) atoms. The standard InChI is InChI=1S/C31H37N3O4/c1-37-26-11-10-25(20-33-30-7-2-3-14-32-30)29(18-26)34-15-12-22(13-16-34)21-38-27-6-4-5-24(17-27)28(19-31(35)36)23-8-9-23/h2-7,10-11,14,17-18,22-23,28H,8-9,12-13,15-16,19-21H2,1H3,(H,32,33)(H,35,36). The smallest absolute Gasteiger partial charge is 0.303 e. The molecule has 2 aliphatic rings. The summed E-state index contributed by atoms with van der Waals surface area (Å²) in [6, 6.07) is 20.2. The highest BCUT2D eigenvalue weighted by Gasteiger charge is 2.34. The number of hydrogen-bond donors (Lipinski definition) is 2. The van der Waals surface area contributed by atoms with E-state index in [-0.39, 0.29) is 12.3 Å². The van der Waals surface area contributed by atoms with Gasteiger partial charge in [0.15, 0.2) is 0 Å². The Hall–Kier alpha value is -3.74. The van der Waals surface area contributed by atoms with E-state index in [1.807, 2.05) is 42.5 Å². The molecule has 2 fully saturated rings. The minimum atomic E-state index is -0.730. The number of pyridine rings is 1. The summed E-state index contributed by atoms with van der Waals surface area (Å²) in [5.74, 6) is 2.90. The van der Waals surface area contributed by atoms with Gasteiger partial charge in [-0.25, -0.2) is 4.98 Å². The van der Waals surface area contributed by atoms with E-state index >= 15 is 0 Å². The van der Waals surface area contributed by atoms with Gasteiger partial charge in [-0.15, -0.1) is 0 Å². The molecule has 0 bridgehead atoms. The topological polar surface area (TPSA) is 83.9 Å². The normalized spacial score (nSPS) is 16.6. The van der Waals surface area contributed by atoms with Gasteiger partial charge in [0.05, 0.1) is 20.1 Å². The molecule has 1 aliphatic heterocycles. The lowest BCUT2D eigenvalue weighted by Gasteiger charge is -2.35. The van der Waals surface area contributed by atoms with Crippen molar-refractivity contribution < 1.29 is 19.4 Å². The maximum atomic E-state index is 11.4. The maximum Gasteiger partial charge on any atom is 0.303 e. The quantitative estimate of drug-likeness (QED) is 0.308. The number of hydrogen-bond acceptors (Lipinski definition) is 6. The van der Waals surface area contributed by atoms with Gasteiger partial charge in [0.1, 0.15) is 17.3 Å². The number of methoxy groups -OCH3 is 1. The number of aliphatic carboxylic acids is 1. The number of aromatic nitrogens is 1. The molecule has 2 heterocycles. The van der Waals surface area contributed by atoms with Gasteiger partial charge in [-0.3, -0.25) is 4.79 Å². The number of rotatable bonds is 12. The van der Waals surface area contributed by atoms with Crippen LogP contribution >= 0.6 is 0 Å². The van der Waals surface area contributed by atoms with Crippen LogP contribution in [0.2, 0.25) is 0 Å². The fourth-order valence-corrected chi connectivity index (χ4v) is 5.40. The second-order valence-corrected chi connectivity index (χ2v) is 10.4. The summed E-state index contributed by atoms with van der Waals surface area (Å²) in [6.07, 6.45) is 6.32. The molecular formula is C31H37N3O4. The largest absolute Gasteiger partial charge is 0.497 e. The monoisotopic (exact) mass is 515 g/mol. The summed E-state index contributed by atoms with van der Waals surface area (Å²) >= 11 is 0. The number of ether oxygens (including phenoxy) is 2. The summed E-state index contributed by atoms with van der Waals surface area (Å²) < 4.78 is 11.8. The Morgan fingerprint density at radius 3 is 2.61 bits per heavy atom. The minimum Gasteiger partial charge on any atom is -0.497 e. The number of nitrogens with one attached hydrogen (secondary N) is 1. The van der Waals surface area contributed by atoms with Crippen LogP contribution in [-0.2, 0) is 11.3 Å². The average Bonchev–Trinajstić information content (AvgIpc) is 3.80. The second-order valence-electron chi connectivity index (χ2n) is 10.4. The van der Waals surface area contributed by atoms with E-state index in [0.717, 1.165) is 61.7 Å². The van der Waals surface area contributed by atoms with Crippen LogP contribution in [0.5, 0.6) is 11.5 Å². The van der Waals surface area contributed by atoms with E-state index in [4.69, 9.17) is 9.47 Å². The molecule has 7 heteroatoms. The SMILES string of the molecule is COc1ccc(CNc2ccccn2)c(N2CCC(COc3cccc(C(CC(=O)O)C4CC4)c3)CC2)c1. The molecule has 2 N–H and O–H groups in total. The Labute approximate surface area is 224 Å². The van der Waals surface area contributed by atoms with E-state index < -0.39 is 5.97 Å². The molecule has 0 radical (unpaired) electrons. The zero-order chi connectivity index (χ0) is 26.3. The summed E-state index contributed by atoms with van der Waals surface area (Å²) in [4.78, 5) is 18.2. The summed E-state index contributed by atoms with van der Waals surface area (Å²) in [5, 5.41) is 12.8. The Morgan fingerprint density at radius 1 is 1.05 bits per heavy atom. The van der Waals surface area contributed by atoms with Crippen LogP contribution in [0.25, 0.3) is 0 Å². The van der Waals surface area contributed by atoms with Crippen LogP contribution in [0.3, 0.4) is 0 Å². The van der Waals surface area contributed by atoms with Crippen molar-refractivity contribution in [3.63, 3.8) is 0 Å². The molecule has 1 saturated carbocycles. The van der Waals surface area contributed by atoms with Crippen LogP contribution < -0.4 is 19.7 Å². The van der Waals surface area contributed by atoms with E-state index in [2.05, 4.69) is 33.4 Å². The molecule has 1 unspecified atom stereocenters. The lowest BCUT2D eigenvalue weighted by Crippen LogP contribution is -2.36. The van der Waals surface area contributed by atoms with Crippen LogP contribution in [-0.4, -0.2) is 42.9 Å². The molecule has 1 saturated heterocycles. The molecular weight excluding hydrogens is 478 g/mol. The minimum absolute atomic E-state index is 0.0866. The third kappa shape index (κ3) is 6.77. The first-order valence-corrected chi connectivity index (χ1v) is 13.6. The molecule has 1 aliphatic carbocycles. The molecule has 2 aromatic carbocycles. The second kappa shape index (κ2) is 12.2. The van der Waals surface area contributed by atoms with Crippen molar-refractivity contribution in [3.8, 4) is 11.5 Å². The van der Waals surface area contributed by atoms with Crippen LogP contribution in [0, 0.1) is 11.8 Å².